The predicted molar refractivity (Wildman–Crippen MR) is 178 cm³/mol. The molecule has 0 aliphatic rings. The Morgan fingerprint density at radius 1 is 0.500 bits per heavy atom. The highest BCUT2D eigenvalue weighted by Gasteiger charge is 2.22. The van der Waals surface area contributed by atoms with Gasteiger partial charge in [-0.15, -0.1) is 0 Å². The van der Waals surface area contributed by atoms with Crippen molar-refractivity contribution in [1.29, 1.82) is 0 Å². The number of benzene rings is 6. The maximum Gasteiger partial charge on any atom is 0.182 e. The molecule has 4 heterocycles. The van der Waals surface area contributed by atoms with Crippen LogP contribution in [0.4, 0.5) is 0 Å². The van der Waals surface area contributed by atoms with Crippen LogP contribution in [0.2, 0.25) is 0 Å². The van der Waals surface area contributed by atoms with Gasteiger partial charge in [0.15, 0.2) is 17.8 Å². The summed E-state index contributed by atoms with van der Waals surface area (Å²) in [4.78, 5) is 14.8. The molecule has 44 heavy (non-hydrogen) atoms. The average Bonchev–Trinajstić information content (AvgIpc) is 3.79. The van der Waals surface area contributed by atoms with E-state index in [1.165, 1.54) is 10.9 Å². The summed E-state index contributed by atoms with van der Waals surface area (Å²) in [6, 6.07) is 44.5. The van der Waals surface area contributed by atoms with Crippen molar-refractivity contribution in [1.82, 2.24) is 19.4 Å². The molecule has 0 spiro atoms. The molecule has 0 atom stereocenters. The van der Waals surface area contributed by atoms with Gasteiger partial charge in [-0.05, 0) is 47.5 Å². The first kappa shape index (κ1) is 23.5. The molecule has 0 N–H and O–H groups in total. The van der Waals surface area contributed by atoms with E-state index in [9.17, 15) is 0 Å². The lowest BCUT2D eigenvalue weighted by molar-refractivity contribution is 0.605. The van der Waals surface area contributed by atoms with Gasteiger partial charge in [0, 0.05) is 32.7 Å². The van der Waals surface area contributed by atoms with Gasteiger partial charge in [0.2, 0.25) is 0 Å². The Labute approximate surface area is 251 Å². The Balaban J connectivity index is 1.24. The van der Waals surface area contributed by atoms with E-state index in [4.69, 9.17) is 14.4 Å². The number of hydrogen-bond donors (Lipinski definition) is 0. The van der Waals surface area contributed by atoms with E-state index in [1.54, 1.807) is 6.39 Å². The van der Waals surface area contributed by atoms with Crippen LogP contribution in [-0.4, -0.2) is 19.4 Å². The highest BCUT2D eigenvalue weighted by molar-refractivity contribution is 6.30. The molecule has 4 aromatic heterocycles. The van der Waals surface area contributed by atoms with Crippen LogP contribution in [0, 0.1) is 0 Å². The van der Waals surface area contributed by atoms with E-state index in [1.807, 2.05) is 12.1 Å². The van der Waals surface area contributed by atoms with E-state index in [0.29, 0.717) is 5.82 Å². The van der Waals surface area contributed by atoms with Crippen molar-refractivity contribution in [3.05, 3.63) is 134 Å². The third-order valence-corrected chi connectivity index (χ3v) is 8.87. The lowest BCUT2D eigenvalue weighted by Crippen LogP contribution is -1.95. The largest absolute Gasteiger partial charge is 0.443 e. The van der Waals surface area contributed by atoms with Gasteiger partial charge in [-0.1, -0.05) is 91.0 Å². The second kappa shape index (κ2) is 8.72. The molecule has 5 nitrogen and oxygen atoms in total. The highest BCUT2D eigenvalue weighted by atomic mass is 16.3. The van der Waals surface area contributed by atoms with Crippen molar-refractivity contribution >= 4 is 60.1 Å². The molecule has 6 aromatic carbocycles. The smallest absolute Gasteiger partial charge is 0.182 e. The summed E-state index contributed by atoms with van der Waals surface area (Å²) in [5, 5.41) is 5.62. The Bertz CT molecular complexity index is 2720. The minimum absolute atomic E-state index is 0.709. The number of rotatable bonds is 3. The van der Waals surface area contributed by atoms with Gasteiger partial charge < -0.3 is 8.82 Å². The third kappa shape index (κ3) is 3.21. The lowest BCUT2D eigenvalue weighted by Gasteiger charge is -2.11. The van der Waals surface area contributed by atoms with Crippen LogP contribution in [0.5, 0.6) is 0 Å². The van der Waals surface area contributed by atoms with Gasteiger partial charge in [0.1, 0.15) is 5.52 Å². The molecular formula is C39H22N4O. The number of hydrogen-bond acceptors (Lipinski definition) is 4. The molecule has 0 amide bonds. The summed E-state index contributed by atoms with van der Waals surface area (Å²) in [6.45, 7) is 0. The van der Waals surface area contributed by atoms with E-state index in [0.717, 1.165) is 77.1 Å². The highest BCUT2D eigenvalue weighted by Crippen LogP contribution is 2.44. The van der Waals surface area contributed by atoms with E-state index in [2.05, 4.69) is 125 Å². The van der Waals surface area contributed by atoms with Gasteiger partial charge in [-0.3, -0.25) is 0 Å². The van der Waals surface area contributed by atoms with Crippen molar-refractivity contribution in [2.75, 3.05) is 0 Å². The second-order valence-corrected chi connectivity index (χ2v) is 11.3. The Kier molecular flexibility index (Phi) is 4.66. The van der Waals surface area contributed by atoms with Crippen molar-refractivity contribution in [3.8, 4) is 33.8 Å². The molecule has 0 aliphatic carbocycles. The number of oxazole rings is 1. The summed E-state index contributed by atoms with van der Waals surface area (Å²) >= 11 is 0. The van der Waals surface area contributed by atoms with Gasteiger partial charge in [0.25, 0.3) is 0 Å². The minimum Gasteiger partial charge on any atom is -0.443 e. The molecule has 0 saturated heterocycles. The van der Waals surface area contributed by atoms with Gasteiger partial charge in [-0.2, -0.15) is 0 Å². The Morgan fingerprint density at radius 2 is 1.27 bits per heavy atom. The number of nitrogens with zero attached hydrogens (tertiary/aromatic N) is 4. The van der Waals surface area contributed by atoms with Crippen molar-refractivity contribution in [3.63, 3.8) is 0 Å². The maximum absolute atomic E-state index is 5.93. The van der Waals surface area contributed by atoms with Gasteiger partial charge in [-0.25, -0.2) is 15.0 Å². The molecule has 0 bridgehead atoms. The van der Waals surface area contributed by atoms with E-state index >= 15 is 0 Å². The van der Waals surface area contributed by atoms with Gasteiger partial charge in [0.05, 0.1) is 33.1 Å². The zero-order valence-electron chi connectivity index (χ0n) is 23.4. The Hall–Kier alpha value is -6.07. The summed E-state index contributed by atoms with van der Waals surface area (Å²) in [7, 11) is 0. The maximum atomic E-state index is 5.93. The molecular weight excluding hydrogens is 540 g/mol. The monoisotopic (exact) mass is 562 g/mol. The molecule has 5 heteroatoms. The fraction of sp³-hybridized carbons (Fsp3) is 0. The summed E-state index contributed by atoms with van der Waals surface area (Å²) in [6.07, 6.45) is 1.54. The van der Waals surface area contributed by atoms with Crippen LogP contribution >= 0.6 is 0 Å². The second-order valence-electron chi connectivity index (χ2n) is 11.3. The standard InChI is InChI=1S/C39H22N4O/c1-2-9-23(10-3-1)24-11-8-12-26(19-24)39-41-31-15-6-4-13-27(31)36(42-39)25-17-18-34-29(20-25)30-21-32-38(44-22-40-32)35-28-14-5-7-16-33(28)43(34)37(30)35/h1-22H. The summed E-state index contributed by atoms with van der Waals surface area (Å²) in [5.41, 5.74) is 11.3. The van der Waals surface area contributed by atoms with Crippen LogP contribution in [0.3, 0.4) is 0 Å². The first-order valence-electron chi connectivity index (χ1n) is 14.7. The molecule has 0 radical (unpaired) electrons. The van der Waals surface area contributed by atoms with Crippen molar-refractivity contribution in [2.24, 2.45) is 0 Å². The molecule has 204 valence electrons. The molecule has 10 rings (SSSR count). The zero-order chi connectivity index (χ0) is 28.8. The third-order valence-electron chi connectivity index (χ3n) is 8.87. The first-order valence-corrected chi connectivity index (χ1v) is 14.7. The van der Waals surface area contributed by atoms with E-state index < -0.39 is 0 Å². The molecule has 0 saturated carbocycles. The molecule has 0 aliphatic heterocycles. The average molecular weight is 563 g/mol. The molecule has 10 aromatic rings. The van der Waals surface area contributed by atoms with Crippen LogP contribution in [-0.2, 0) is 0 Å². The fourth-order valence-electron chi connectivity index (χ4n) is 6.92. The number of fused-ring (bicyclic) bond motifs is 9. The SMILES string of the molecule is c1ccc(-c2cccc(-c3nc(-c4ccc5c(c4)c4cc6ncoc6c6c7ccccc7n5c46)c4ccccc4n3)c2)cc1. The minimum atomic E-state index is 0.709. The normalized spacial score (nSPS) is 12.1. The van der Waals surface area contributed by atoms with Crippen LogP contribution in [0.15, 0.2) is 138 Å². The molecule has 0 unspecified atom stereocenters. The predicted octanol–water partition coefficient (Wildman–Crippen LogP) is 9.92. The fourth-order valence-corrected chi connectivity index (χ4v) is 6.92. The van der Waals surface area contributed by atoms with Crippen molar-refractivity contribution in [2.45, 2.75) is 0 Å². The van der Waals surface area contributed by atoms with Gasteiger partial charge >= 0.3 is 0 Å². The Morgan fingerprint density at radius 3 is 2.20 bits per heavy atom. The lowest BCUT2D eigenvalue weighted by atomic mass is 10.0. The quantitative estimate of drug-likeness (QED) is 0.215. The number of aromatic nitrogens is 4. The first-order chi connectivity index (χ1) is 21.8. The summed E-state index contributed by atoms with van der Waals surface area (Å²) < 4.78 is 8.29. The van der Waals surface area contributed by atoms with Crippen LogP contribution in [0.25, 0.3) is 93.9 Å². The molecule has 0 fully saturated rings. The van der Waals surface area contributed by atoms with Crippen molar-refractivity contribution < 1.29 is 4.42 Å². The van der Waals surface area contributed by atoms with E-state index in [-0.39, 0.29) is 0 Å². The summed E-state index contributed by atoms with van der Waals surface area (Å²) in [5.74, 6) is 0.709. The van der Waals surface area contributed by atoms with Crippen LogP contribution < -0.4 is 0 Å². The number of para-hydroxylation sites is 2. The van der Waals surface area contributed by atoms with Crippen LogP contribution in [0.1, 0.15) is 0 Å². The zero-order valence-corrected chi connectivity index (χ0v) is 23.4. The topological polar surface area (TPSA) is 56.2 Å².